The maximum atomic E-state index is 11.6. The number of carbonyl (C=O) groups excluding carboxylic acids is 1. The van der Waals surface area contributed by atoms with Crippen molar-refractivity contribution in [1.82, 2.24) is 4.98 Å². The molecule has 0 aliphatic carbocycles. The number of hydrogen-bond donors (Lipinski definition) is 0. The molecule has 0 aliphatic heterocycles. The van der Waals surface area contributed by atoms with Gasteiger partial charge in [0.05, 0.1) is 6.10 Å². The summed E-state index contributed by atoms with van der Waals surface area (Å²) in [6.45, 7) is 1.95. The van der Waals surface area contributed by atoms with Crippen molar-refractivity contribution in [2.75, 3.05) is 7.11 Å². The minimum absolute atomic E-state index is 0.127. The van der Waals surface area contributed by atoms with Crippen molar-refractivity contribution in [1.29, 1.82) is 0 Å². The van der Waals surface area contributed by atoms with E-state index < -0.39 is 0 Å². The van der Waals surface area contributed by atoms with Crippen molar-refractivity contribution in [3.8, 4) is 0 Å². The third-order valence-electron chi connectivity index (χ3n) is 2.16. The van der Waals surface area contributed by atoms with Gasteiger partial charge >= 0.3 is 0 Å². The summed E-state index contributed by atoms with van der Waals surface area (Å²) in [5.74, 6) is 0.127. The van der Waals surface area contributed by atoms with E-state index in [9.17, 15) is 4.79 Å². The van der Waals surface area contributed by atoms with Crippen LogP contribution in [0.15, 0.2) is 24.5 Å². The first-order valence-corrected chi connectivity index (χ1v) is 4.70. The standard InChI is InChI=1S/C11H15NO2/c1-9(14-2)5-6-11(13)10-4-3-7-12-8-10/h3-4,7-9H,5-6H2,1-2H3. The summed E-state index contributed by atoms with van der Waals surface area (Å²) in [5.41, 5.74) is 0.677. The van der Waals surface area contributed by atoms with Gasteiger partial charge in [-0.05, 0) is 25.5 Å². The van der Waals surface area contributed by atoms with Gasteiger partial charge in [0.15, 0.2) is 5.78 Å². The predicted molar refractivity (Wildman–Crippen MR) is 54.3 cm³/mol. The Morgan fingerprint density at radius 2 is 2.43 bits per heavy atom. The maximum Gasteiger partial charge on any atom is 0.164 e. The lowest BCUT2D eigenvalue weighted by molar-refractivity contribution is 0.0877. The van der Waals surface area contributed by atoms with Crippen LogP contribution in [0.4, 0.5) is 0 Å². The summed E-state index contributed by atoms with van der Waals surface area (Å²) in [6, 6.07) is 3.56. The van der Waals surface area contributed by atoms with E-state index in [0.29, 0.717) is 12.0 Å². The smallest absolute Gasteiger partial charge is 0.164 e. The SMILES string of the molecule is COC(C)CCC(=O)c1cccnc1. The molecule has 1 aromatic heterocycles. The first kappa shape index (κ1) is 10.9. The number of hydrogen-bond acceptors (Lipinski definition) is 3. The minimum atomic E-state index is 0.127. The lowest BCUT2D eigenvalue weighted by Gasteiger charge is -2.07. The molecule has 0 aromatic carbocycles. The zero-order valence-corrected chi connectivity index (χ0v) is 8.56. The summed E-state index contributed by atoms with van der Waals surface area (Å²) in [6.07, 6.45) is 4.66. The Morgan fingerprint density at radius 1 is 1.64 bits per heavy atom. The third kappa shape index (κ3) is 3.26. The lowest BCUT2D eigenvalue weighted by Crippen LogP contribution is -2.08. The zero-order chi connectivity index (χ0) is 10.4. The Morgan fingerprint density at radius 3 is 3.00 bits per heavy atom. The highest BCUT2D eigenvalue weighted by Crippen LogP contribution is 2.06. The second-order valence-electron chi connectivity index (χ2n) is 3.25. The fourth-order valence-corrected chi connectivity index (χ4v) is 1.12. The number of rotatable bonds is 5. The molecule has 1 rings (SSSR count). The molecule has 0 saturated heterocycles. The quantitative estimate of drug-likeness (QED) is 0.672. The molecule has 1 aromatic rings. The Labute approximate surface area is 84.1 Å². The summed E-state index contributed by atoms with van der Waals surface area (Å²) in [5, 5.41) is 0. The van der Waals surface area contributed by atoms with Crippen LogP contribution in [0, 0.1) is 0 Å². The van der Waals surface area contributed by atoms with Crippen LogP contribution in [0.2, 0.25) is 0 Å². The molecular weight excluding hydrogens is 178 g/mol. The van der Waals surface area contributed by atoms with Crippen molar-refractivity contribution in [2.24, 2.45) is 0 Å². The van der Waals surface area contributed by atoms with E-state index in [2.05, 4.69) is 4.98 Å². The van der Waals surface area contributed by atoms with E-state index in [1.54, 1.807) is 31.6 Å². The van der Waals surface area contributed by atoms with Crippen molar-refractivity contribution in [2.45, 2.75) is 25.9 Å². The molecule has 0 fully saturated rings. The fraction of sp³-hybridized carbons (Fsp3) is 0.455. The van der Waals surface area contributed by atoms with Gasteiger partial charge in [0.1, 0.15) is 0 Å². The van der Waals surface area contributed by atoms with Crippen LogP contribution in [0.1, 0.15) is 30.1 Å². The van der Waals surface area contributed by atoms with Gasteiger partial charge in [-0.1, -0.05) is 0 Å². The summed E-state index contributed by atoms with van der Waals surface area (Å²) < 4.78 is 5.07. The molecule has 0 aliphatic rings. The minimum Gasteiger partial charge on any atom is -0.382 e. The Hall–Kier alpha value is -1.22. The van der Waals surface area contributed by atoms with Gasteiger partial charge in [0.25, 0.3) is 0 Å². The maximum absolute atomic E-state index is 11.6. The van der Waals surface area contributed by atoms with Crippen LogP contribution in [0.5, 0.6) is 0 Å². The van der Waals surface area contributed by atoms with Gasteiger partial charge < -0.3 is 4.74 Å². The monoisotopic (exact) mass is 193 g/mol. The van der Waals surface area contributed by atoms with Crippen molar-refractivity contribution >= 4 is 5.78 Å². The molecule has 76 valence electrons. The molecule has 0 N–H and O–H groups in total. The molecule has 0 saturated carbocycles. The van der Waals surface area contributed by atoms with Crippen LogP contribution in [0.3, 0.4) is 0 Å². The predicted octanol–water partition coefficient (Wildman–Crippen LogP) is 2.08. The second kappa shape index (κ2) is 5.50. The highest BCUT2D eigenvalue weighted by atomic mass is 16.5. The lowest BCUT2D eigenvalue weighted by atomic mass is 10.1. The third-order valence-corrected chi connectivity index (χ3v) is 2.16. The summed E-state index contributed by atoms with van der Waals surface area (Å²) in [4.78, 5) is 15.5. The zero-order valence-electron chi connectivity index (χ0n) is 8.56. The fourth-order valence-electron chi connectivity index (χ4n) is 1.12. The van der Waals surface area contributed by atoms with E-state index in [1.807, 2.05) is 6.92 Å². The Bertz CT molecular complexity index is 285. The Balaban J connectivity index is 2.44. The normalized spacial score (nSPS) is 12.4. The number of ketones is 1. The van der Waals surface area contributed by atoms with Crippen LogP contribution in [0.25, 0.3) is 0 Å². The van der Waals surface area contributed by atoms with Crippen LogP contribution in [-0.2, 0) is 4.74 Å². The van der Waals surface area contributed by atoms with Crippen molar-refractivity contribution < 1.29 is 9.53 Å². The molecule has 0 amide bonds. The van der Waals surface area contributed by atoms with E-state index in [1.165, 1.54) is 0 Å². The number of Topliss-reactive ketones (excluding diaryl/α,β-unsaturated/α-hetero) is 1. The average Bonchev–Trinajstić information content (AvgIpc) is 2.26. The number of aromatic nitrogens is 1. The van der Waals surface area contributed by atoms with Gasteiger partial charge in [-0.3, -0.25) is 9.78 Å². The van der Waals surface area contributed by atoms with E-state index in [4.69, 9.17) is 4.74 Å². The summed E-state index contributed by atoms with van der Waals surface area (Å²) in [7, 11) is 1.65. The van der Waals surface area contributed by atoms with Gasteiger partial charge in [-0.25, -0.2) is 0 Å². The highest BCUT2D eigenvalue weighted by molar-refractivity contribution is 5.95. The van der Waals surface area contributed by atoms with Crippen LogP contribution in [-0.4, -0.2) is 24.0 Å². The number of nitrogens with zero attached hydrogens (tertiary/aromatic N) is 1. The molecular formula is C11H15NO2. The molecule has 0 spiro atoms. The van der Waals surface area contributed by atoms with Crippen LogP contribution >= 0.6 is 0 Å². The average molecular weight is 193 g/mol. The van der Waals surface area contributed by atoms with Crippen LogP contribution < -0.4 is 0 Å². The van der Waals surface area contributed by atoms with E-state index in [-0.39, 0.29) is 11.9 Å². The second-order valence-corrected chi connectivity index (χ2v) is 3.25. The molecule has 0 radical (unpaired) electrons. The van der Waals surface area contributed by atoms with E-state index in [0.717, 1.165) is 6.42 Å². The number of methoxy groups -OCH3 is 1. The topological polar surface area (TPSA) is 39.2 Å². The molecule has 1 atom stereocenters. The van der Waals surface area contributed by atoms with Gasteiger partial charge in [-0.2, -0.15) is 0 Å². The largest absolute Gasteiger partial charge is 0.382 e. The summed E-state index contributed by atoms with van der Waals surface area (Å²) >= 11 is 0. The molecule has 3 nitrogen and oxygen atoms in total. The molecule has 14 heavy (non-hydrogen) atoms. The molecule has 1 heterocycles. The van der Waals surface area contributed by atoms with Gasteiger partial charge in [-0.15, -0.1) is 0 Å². The van der Waals surface area contributed by atoms with Crippen molar-refractivity contribution in [3.63, 3.8) is 0 Å². The Kier molecular flexibility index (Phi) is 4.26. The van der Waals surface area contributed by atoms with Crippen molar-refractivity contribution in [3.05, 3.63) is 30.1 Å². The molecule has 3 heteroatoms. The van der Waals surface area contributed by atoms with Gasteiger partial charge in [0, 0.05) is 31.5 Å². The first-order valence-electron chi connectivity index (χ1n) is 4.70. The number of pyridine rings is 1. The molecule has 1 unspecified atom stereocenters. The number of ether oxygens (including phenoxy) is 1. The first-order chi connectivity index (χ1) is 6.74. The molecule has 0 bridgehead atoms. The van der Waals surface area contributed by atoms with Gasteiger partial charge in [0.2, 0.25) is 0 Å². The highest BCUT2D eigenvalue weighted by Gasteiger charge is 2.07. The van der Waals surface area contributed by atoms with E-state index >= 15 is 0 Å². The number of carbonyl (C=O) groups is 1.